The number of amides is 1. The molecule has 0 N–H and O–H groups in total. The largest absolute Gasteiger partial charge is 0.300 e. The van der Waals surface area contributed by atoms with Crippen molar-refractivity contribution in [2.75, 3.05) is 4.90 Å². The predicted molar refractivity (Wildman–Crippen MR) is 83.6 cm³/mol. The van der Waals surface area contributed by atoms with Crippen LogP contribution in [-0.2, 0) is 11.3 Å². The molecule has 106 valence electrons. The van der Waals surface area contributed by atoms with E-state index < -0.39 is 11.7 Å². The molecule has 6 heteroatoms. The minimum atomic E-state index is -0.536. The highest BCUT2D eigenvalue weighted by atomic mass is 79.9. The van der Waals surface area contributed by atoms with Crippen molar-refractivity contribution in [2.45, 2.75) is 13.5 Å². The summed E-state index contributed by atoms with van der Waals surface area (Å²) in [5, 5.41) is 0.334. The van der Waals surface area contributed by atoms with E-state index in [-0.39, 0.29) is 6.54 Å². The second-order valence-corrected chi connectivity index (χ2v) is 6.07. The van der Waals surface area contributed by atoms with Crippen LogP contribution in [0.5, 0.6) is 0 Å². The molecule has 0 unspecified atom stereocenters. The molecule has 1 aliphatic rings. The van der Waals surface area contributed by atoms with Crippen LogP contribution in [0.15, 0.2) is 34.9 Å². The Kier molecular flexibility index (Phi) is 3.55. The van der Waals surface area contributed by atoms with Gasteiger partial charge in [0.1, 0.15) is 5.15 Å². The monoisotopic (exact) mass is 364 g/mol. The van der Waals surface area contributed by atoms with Crippen molar-refractivity contribution in [3.63, 3.8) is 0 Å². The van der Waals surface area contributed by atoms with E-state index in [1.54, 1.807) is 24.4 Å². The van der Waals surface area contributed by atoms with Crippen molar-refractivity contribution in [3.05, 3.63) is 56.8 Å². The number of carbonyl (C=O) groups excluding carboxylic acids is 2. The minimum Gasteiger partial charge on any atom is -0.300 e. The average Bonchev–Trinajstić information content (AvgIpc) is 2.67. The van der Waals surface area contributed by atoms with Crippen molar-refractivity contribution in [3.8, 4) is 0 Å². The fraction of sp³-hybridized carbons (Fsp3) is 0.133. The van der Waals surface area contributed by atoms with Gasteiger partial charge in [-0.05, 0) is 30.7 Å². The summed E-state index contributed by atoms with van der Waals surface area (Å²) in [6, 6.07) is 7.09. The van der Waals surface area contributed by atoms with Gasteiger partial charge in [-0.2, -0.15) is 0 Å². The van der Waals surface area contributed by atoms with Gasteiger partial charge in [-0.1, -0.05) is 33.6 Å². The van der Waals surface area contributed by atoms with Gasteiger partial charge in [0.2, 0.25) is 0 Å². The highest BCUT2D eigenvalue weighted by Gasteiger charge is 2.37. The quantitative estimate of drug-likeness (QED) is 0.604. The number of hydrogen-bond donors (Lipinski definition) is 0. The number of anilines is 1. The molecule has 2 heterocycles. The van der Waals surface area contributed by atoms with Gasteiger partial charge in [-0.3, -0.25) is 14.5 Å². The number of carbonyl (C=O) groups is 2. The number of benzene rings is 1. The maximum Gasteiger partial charge on any atom is 0.299 e. The number of pyridine rings is 1. The standard InChI is InChI=1S/C15H10BrClN2O2/c1-8-5-10(16)6-11-12(8)19(15(21)13(11)20)7-9-3-2-4-18-14(9)17/h2-6H,7H2,1H3. The molecule has 1 aromatic carbocycles. The Morgan fingerprint density at radius 1 is 1.33 bits per heavy atom. The minimum absolute atomic E-state index is 0.229. The molecular formula is C15H10BrClN2O2. The van der Waals surface area contributed by atoms with Crippen LogP contribution < -0.4 is 4.90 Å². The molecule has 1 aliphatic heterocycles. The van der Waals surface area contributed by atoms with E-state index in [4.69, 9.17) is 11.6 Å². The molecule has 0 fully saturated rings. The number of fused-ring (bicyclic) bond motifs is 1. The Morgan fingerprint density at radius 2 is 2.10 bits per heavy atom. The number of nitrogens with zero attached hydrogens (tertiary/aromatic N) is 2. The molecule has 0 saturated heterocycles. The van der Waals surface area contributed by atoms with Gasteiger partial charge in [-0.15, -0.1) is 0 Å². The van der Waals surface area contributed by atoms with E-state index in [9.17, 15) is 9.59 Å². The SMILES string of the molecule is Cc1cc(Br)cc2c1N(Cc1cccnc1Cl)C(=O)C2=O. The topological polar surface area (TPSA) is 50.3 Å². The highest BCUT2D eigenvalue weighted by molar-refractivity contribution is 9.10. The number of Topliss-reactive ketones (excluding diaryl/α,β-unsaturated/α-hetero) is 1. The number of aryl methyl sites for hydroxylation is 1. The second-order valence-electron chi connectivity index (χ2n) is 4.79. The van der Waals surface area contributed by atoms with E-state index >= 15 is 0 Å². The van der Waals surface area contributed by atoms with Crippen molar-refractivity contribution in [1.82, 2.24) is 4.98 Å². The predicted octanol–water partition coefficient (Wildman–Crippen LogP) is 3.54. The number of halogens is 2. The lowest BCUT2D eigenvalue weighted by Gasteiger charge is -2.19. The van der Waals surface area contributed by atoms with Crippen LogP contribution >= 0.6 is 27.5 Å². The molecule has 0 radical (unpaired) electrons. The van der Waals surface area contributed by atoms with E-state index in [1.165, 1.54) is 4.90 Å². The number of ketones is 1. The second kappa shape index (κ2) is 5.24. The van der Waals surface area contributed by atoms with Crippen LogP contribution in [0, 0.1) is 6.92 Å². The first-order valence-corrected chi connectivity index (χ1v) is 7.42. The number of rotatable bonds is 2. The van der Waals surface area contributed by atoms with Crippen LogP contribution in [0.25, 0.3) is 0 Å². The maximum absolute atomic E-state index is 12.2. The molecule has 0 aliphatic carbocycles. The lowest BCUT2D eigenvalue weighted by atomic mass is 10.1. The first-order chi connectivity index (χ1) is 9.99. The van der Waals surface area contributed by atoms with Crippen LogP contribution in [0.4, 0.5) is 5.69 Å². The lowest BCUT2D eigenvalue weighted by Crippen LogP contribution is -2.29. The van der Waals surface area contributed by atoms with Crippen LogP contribution in [0.2, 0.25) is 5.15 Å². The summed E-state index contributed by atoms with van der Waals surface area (Å²) in [6.45, 7) is 2.10. The average molecular weight is 366 g/mol. The molecular weight excluding hydrogens is 356 g/mol. The zero-order valence-corrected chi connectivity index (χ0v) is 13.4. The molecule has 21 heavy (non-hydrogen) atoms. The van der Waals surface area contributed by atoms with Crippen molar-refractivity contribution < 1.29 is 9.59 Å². The van der Waals surface area contributed by atoms with Crippen molar-refractivity contribution >= 4 is 44.9 Å². The molecule has 0 bridgehead atoms. The zero-order chi connectivity index (χ0) is 15.1. The Morgan fingerprint density at radius 3 is 2.81 bits per heavy atom. The smallest absolute Gasteiger partial charge is 0.299 e. The molecule has 4 nitrogen and oxygen atoms in total. The van der Waals surface area contributed by atoms with Gasteiger partial charge in [0.05, 0.1) is 17.8 Å². The van der Waals surface area contributed by atoms with Crippen molar-refractivity contribution in [1.29, 1.82) is 0 Å². The summed E-state index contributed by atoms with van der Waals surface area (Å²) in [4.78, 5) is 29.8. The Labute approximate surface area is 134 Å². The summed E-state index contributed by atoms with van der Waals surface area (Å²) in [5.74, 6) is -1.03. The fourth-order valence-electron chi connectivity index (χ4n) is 2.46. The van der Waals surface area contributed by atoms with E-state index in [2.05, 4.69) is 20.9 Å². The van der Waals surface area contributed by atoms with Gasteiger partial charge in [-0.25, -0.2) is 4.98 Å². The van der Waals surface area contributed by atoms with E-state index in [0.717, 1.165) is 10.0 Å². The lowest BCUT2D eigenvalue weighted by molar-refractivity contribution is -0.114. The molecule has 2 aromatic rings. The number of hydrogen-bond acceptors (Lipinski definition) is 3. The highest BCUT2D eigenvalue weighted by Crippen LogP contribution is 2.36. The summed E-state index contributed by atoms with van der Waals surface area (Å²) in [5.41, 5.74) is 2.63. The van der Waals surface area contributed by atoms with Crippen LogP contribution in [0.1, 0.15) is 21.5 Å². The van der Waals surface area contributed by atoms with Crippen molar-refractivity contribution in [2.24, 2.45) is 0 Å². The molecule has 0 atom stereocenters. The van der Waals surface area contributed by atoms with Gasteiger partial charge in [0, 0.05) is 16.2 Å². The Bertz CT molecular complexity index is 776. The van der Waals surface area contributed by atoms with Gasteiger partial charge < -0.3 is 0 Å². The third kappa shape index (κ3) is 2.36. The van der Waals surface area contributed by atoms with Gasteiger partial charge in [0.25, 0.3) is 11.7 Å². The number of aromatic nitrogens is 1. The first kappa shape index (κ1) is 14.2. The zero-order valence-electron chi connectivity index (χ0n) is 11.1. The third-order valence-corrected chi connectivity index (χ3v) is 4.18. The molecule has 1 aromatic heterocycles. The summed E-state index contributed by atoms with van der Waals surface area (Å²) < 4.78 is 0.779. The Balaban J connectivity index is 2.08. The third-order valence-electron chi connectivity index (χ3n) is 3.38. The summed E-state index contributed by atoms with van der Waals surface area (Å²) in [7, 11) is 0. The molecule has 0 spiro atoms. The fourth-order valence-corrected chi connectivity index (χ4v) is 3.22. The van der Waals surface area contributed by atoms with Crippen LogP contribution in [0.3, 0.4) is 0 Å². The summed E-state index contributed by atoms with van der Waals surface area (Å²) >= 11 is 9.39. The normalized spacial score (nSPS) is 13.8. The molecule has 0 saturated carbocycles. The first-order valence-electron chi connectivity index (χ1n) is 6.25. The van der Waals surface area contributed by atoms with E-state index in [0.29, 0.717) is 22.0 Å². The maximum atomic E-state index is 12.2. The van der Waals surface area contributed by atoms with E-state index in [1.807, 2.05) is 13.0 Å². The molecule has 1 amide bonds. The van der Waals surface area contributed by atoms with Gasteiger partial charge >= 0.3 is 0 Å². The molecule has 3 rings (SSSR count). The summed E-state index contributed by atoms with van der Waals surface area (Å²) in [6.07, 6.45) is 1.58. The van der Waals surface area contributed by atoms with Gasteiger partial charge in [0.15, 0.2) is 0 Å². The Hall–Kier alpha value is -1.72. The van der Waals surface area contributed by atoms with Crippen LogP contribution in [-0.4, -0.2) is 16.7 Å².